The van der Waals surface area contributed by atoms with E-state index in [-0.39, 0.29) is 12.4 Å². The third kappa shape index (κ3) is 8.67. The van der Waals surface area contributed by atoms with E-state index in [2.05, 4.69) is 10.6 Å². The van der Waals surface area contributed by atoms with E-state index in [0.29, 0.717) is 29.3 Å². The second-order valence-electron chi connectivity index (χ2n) is 6.92. The van der Waals surface area contributed by atoms with Crippen LogP contribution in [0, 0.1) is 0 Å². The van der Waals surface area contributed by atoms with Crippen LogP contribution in [0.2, 0.25) is 0 Å². The number of rotatable bonds is 12. The Morgan fingerprint density at radius 2 is 1.55 bits per heavy atom. The normalized spacial score (nSPS) is 10.9. The molecule has 0 saturated heterocycles. The highest BCUT2D eigenvalue weighted by Gasteiger charge is 2.16. The standard InChI is InChI=1S/C22H28N2O6S/c1-3-4-7-13-31(27,28)16-22(26)24-18-10-8-9-17(14-18)23-21(25)15-30-20-12-6-5-11-19(20)29-2/h5-6,8-12,14H,3-4,7,13,15-16H2,1-2H3,(H,23,25)(H,24,26). The summed E-state index contributed by atoms with van der Waals surface area (Å²) in [7, 11) is -1.94. The van der Waals surface area contributed by atoms with Gasteiger partial charge in [-0.1, -0.05) is 38.0 Å². The molecule has 0 saturated carbocycles. The first kappa shape index (κ1) is 24.2. The Kier molecular flexibility index (Phi) is 9.33. The Morgan fingerprint density at radius 1 is 0.903 bits per heavy atom. The van der Waals surface area contributed by atoms with Crippen LogP contribution >= 0.6 is 0 Å². The van der Waals surface area contributed by atoms with Gasteiger partial charge in [0.05, 0.1) is 12.9 Å². The summed E-state index contributed by atoms with van der Waals surface area (Å²) >= 11 is 0. The molecule has 31 heavy (non-hydrogen) atoms. The van der Waals surface area contributed by atoms with E-state index >= 15 is 0 Å². The average Bonchev–Trinajstić information content (AvgIpc) is 2.72. The molecule has 0 aliphatic carbocycles. The number of methoxy groups -OCH3 is 1. The molecule has 0 bridgehead atoms. The highest BCUT2D eigenvalue weighted by Crippen LogP contribution is 2.25. The fraction of sp³-hybridized carbons (Fsp3) is 0.364. The lowest BCUT2D eigenvalue weighted by Crippen LogP contribution is -2.25. The van der Waals surface area contributed by atoms with Crippen molar-refractivity contribution in [1.82, 2.24) is 0 Å². The first-order valence-electron chi connectivity index (χ1n) is 9.99. The summed E-state index contributed by atoms with van der Waals surface area (Å²) in [5, 5.41) is 5.23. The largest absolute Gasteiger partial charge is 0.493 e. The van der Waals surface area contributed by atoms with E-state index in [9.17, 15) is 18.0 Å². The molecule has 0 heterocycles. The molecule has 2 N–H and O–H groups in total. The second-order valence-corrected chi connectivity index (χ2v) is 9.10. The fourth-order valence-electron chi connectivity index (χ4n) is 2.79. The minimum Gasteiger partial charge on any atom is -0.493 e. The lowest BCUT2D eigenvalue weighted by atomic mass is 10.2. The Hall–Kier alpha value is -3.07. The third-order valence-electron chi connectivity index (χ3n) is 4.27. The van der Waals surface area contributed by atoms with Gasteiger partial charge >= 0.3 is 0 Å². The van der Waals surface area contributed by atoms with Gasteiger partial charge in [-0.25, -0.2) is 8.42 Å². The highest BCUT2D eigenvalue weighted by molar-refractivity contribution is 7.92. The monoisotopic (exact) mass is 448 g/mol. The lowest BCUT2D eigenvalue weighted by molar-refractivity contribution is -0.118. The van der Waals surface area contributed by atoms with Crippen molar-refractivity contribution in [2.24, 2.45) is 0 Å². The van der Waals surface area contributed by atoms with E-state index in [1.807, 2.05) is 6.92 Å². The molecule has 2 rings (SSSR count). The van der Waals surface area contributed by atoms with Crippen molar-refractivity contribution in [2.45, 2.75) is 26.2 Å². The summed E-state index contributed by atoms with van der Waals surface area (Å²) in [5.41, 5.74) is 0.828. The van der Waals surface area contributed by atoms with Crippen molar-refractivity contribution in [3.63, 3.8) is 0 Å². The van der Waals surface area contributed by atoms with Gasteiger partial charge in [0.2, 0.25) is 5.91 Å². The minimum atomic E-state index is -3.45. The van der Waals surface area contributed by atoms with E-state index in [4.69, 9.17) is 9.47 Å². The molecule has 2 aromatic rings. The van der Waals surface area contributed by atoms with Gasteiger partial charge < -0.3 is 20.1 Å². The molecule has 2 aromatic carbocycles. The fourth-order valence-corrected chi connectivity index (χ4v) is 4.05. The predicted molar refractivity (Wildman–Crippen MR) is 120 cm³/mol. The molecular weight excluding hydrogens is 420 g/mol. The van der Waals surface area contributed by atoms with Crippen LogP contribution < -0.4 is 20.1 Å². The van der Waals surface area contributed by atoms with Crippen LogP contribution in [0.1, 0.15) is 26.2 Å². The van der Waals surface area contributed by atoms with Gasteiger partial charge in [-0.3, -0.25) is 9.59 Å². The number of carbonyl (C=O) groups excluding carboxylic acids is 2. The molecule has 0 aliphatic heterocycles. The number of unbranched alkanes of at least 4 members (excludes halogenated alkanes) is 2. The maximum atomic E-state index is 12.2. The Balaban J connectivity index is 1.88. The molecule has 0 radical (unpaired) electrons. The van der Waals surface area contributed by atoms with E-state index in [1.165, 1.54) is 7.11 Å². The van der Waals surface area contributed by atoms with Crippen LogP contribution in [-0.2, 0) is 19.4 Å². The second kappa shape index (κ2) is 11.9. The highest BCUT2D eigenvalue weighted by atomic mass is 32.2. The molecule has 2 amide bonds. The Labute approximate surface area is 182 Å². The SMILES string of the molecule is CCCCCS(=O)(=O)CC(=O)Nc1cccc(NC(=O)COc2ccccc2OC)c1. The topological polar surface area (TPSA) is 111 Å². The number of anilines is 2. The van der Waals surface area contributed by atoms with Gasteiger partial charge in [-0.05, 0) is 36.8 Å². The zero-order valence-corrected chi connectivity index (χ0v) is 18.5. The molecule has 168 valence electrons. The smallest absolute Gasteiger partial charge is 0.262 e. The molecule has 0 spiro atoms. The molecular formula is C22H28N2O6S. The van der Waals surface area contributed by atoms with Crippen LogP contribution in [-0.4, -0.2) is 45.5 Å². The molecule has 0 aliphatic rings. The number of carbonyl (C=O) groups is 2. The summed E-state index contributed by atoms with van der Waals surface area (Å²) in [5.74, 6) is -0.616. The van der Waals surface area contributed by atoms with Crippen molar-refractivity contribution >= 4 is 33.0 Å². The zero-order valence-electron chi connectivity index (χ0n) is 17.7. The third-order valence-corrected chi connectivity index (χ3v) is 5.88. The minimum absolute atomic E-state index is 0.00342. The number of para-hydroxylation sites is 2. The first-order valence-corrected chi connectivity index (χ1v) is 11.8. The van der Waals surface area contributed by atoms with Crippen molar-refractivity contribution in [1.29, 1.82) is 0 Å². The van der Waals surface area contributed by atoms with Crippen molar-refractivity contribution in [3.8, 4) is 11.5 Å². The van der Waals surface area contributed by atoms with Crippen molar-refractivity contribution in [3.05, 3.63) is 48.5 Å². The molecule has 8 nitrogen and oxygen atoms in total. The van der Waals surface area contributed by atoms with Gasteiger partial charge in [-0.15, -0.1) is 0 Å². The Morgan fingerprint density at radius 3 is 2.19 bits per heavy atom. The van der Waals surface area contributed by atoms with Gasteiger partial charge in [0.15, 0.2) is 27.9 Å². The first-order chi connectivity index (χ1) is 14.8. The summed E-state index contributed by atoms with van der Waals surface area (Å²) in [6.45, 7) is 1.75. The summed E-state index contributed by atoms with van der Waals surface area (Å²) in [4.78, 5) is 24.3. The van der Waals surface area contributed by atoms with E-state index in [1.54, 1.807) is 48.5 Å². The number of ether oxygens (including phenoxy) is 2. The summed E-state index contributed by atoms with van der Waals surface area (Å²) in [6.07, 6.45) is 2.26. The van der Waals surface area contributed by atoms with E-state index in [0.717, 1.165) is 12.8 Å². The maximum Gasteiger partial charge on any atom is 0.262 e. The van der Waals surface area contributed by atoms with Crippen LogP contribution in [0.4, 0.5) is 11.4 Å². The number of sulfone groups is 1. The quantitative estimate of drug-likeness (QED) is 0.482. The van der Waals surface area contributed by atoms with Gasteiger partial charge in [0.25, 0.3) is 5.91 Å². The van der Waals surface area contributed by atoms with Gasteiger partial charge in [-0.2, -0.15) is 0 Å². The van der Waals surface area contributed by atoms with Gasteiger partial charge in [0.1, 0.15) is 5.75 Å². The predicted octanol–water partition coefficient (Wildman–Crippen LogP) is 3.26. The lowest BCUT2D eigenvalue weighted by Gasteiger charge is -2.11. The number of hydrogen-bond acceptors (Lipinski definition) is 6. The number of hydrogen-bond donors (Lipinski definition) is 2. The van der Waals surface area contributed by atoms with Crippen LogP contribution in [0.25, 0.3) is 0 Å². The van der Waals surface area contributed by atoms with Crippen LogP contribution in [0.15, 0.2) is 48.5 Å². The van der Waals surface area contributed by atoms with Crippen molar-refractivity contribution < 1.29 is 27.5 Å². The van der Waals surface area contributed by atoms with Crippen molar-refractivity contribution in [2.75, 3.05) is 35.9 Å². The number of benzene rings is 2. The maximum absolute atomic E-state index is 12.2. The summed E-state index contributed by atoms with van der Waals surface area (Å²) in [6, 6.07) is 13.4. The van der Waals surface area contributed by atoms with Crippen LogP contribution in [0.3, 0.4) is 0 Å². The zero-order chi connectivity index (χ0) is 22.7. The molecule has 0 fully saturated rings. The average molecular weight is 449 g/mol. The molecule has 0 unspecified atom stereocenters. The Bertz CT molecular complexity index is 991. The van der Waals surface area contributed by atoms with E-state index < -0.39 is 27.4 Å². The molecule has 0 atom stereocenters. The molecule has 9 heteroatoms. The van der Waals surface area contributed by atoms with Gasteiger partial charge in [0, 0.05) is 11.4 Å². The number of amides is 2. The number of nitrogens with one attached hydrogen (secondary N) is 2. The summed E-state index contributed by atoms with van der Waals surface area (Å²) < 4.78 is 34.7. The van der Waals surface area contributed by atoms with Crippen LogP contribution in [0.5, 0.6) is 11.5 Å². The molecule has 0 aromatic heterocycles.